The Bertz CT molecular complexity index is 283. The zero-order valence-electron chi connectivity index (χ0n) is 8.89. The minimum atomic E-state index is -1.26. The molecule has 0 saturated carbocycles. The predicted octanol–water partition coefficient (Wildman–Crippen LogP) is 2.57. The third-order valence-corrected chi connectivity index (χ3v) is 5.52. The first kappa shape index (κ1) is 17.4. The summed E-state index contributed by atoms with van der Waals surface area (Å²) in [6.07, 6.45) is 15.7. The predicted molar refractivity (Wildman–Crippen MR) is 69.8 cm³/mol. The Morgan fingerprint density at radius 1 is 0.765 bits per heavy atom. The molecule has 0 heterocycles. The molecule has 2 aliphatic rings. The average molecular weight is 466 g/mol. The van der Waals surface area contributed by atoms with Crippen LogP contribution in [0.4, 0.5) is 0 Å². The molecule has 0 amide bonds. The van der Waals surface area contributed by atoms with Crippen LogP contribution in [0, 0.1) is 0 Å². The van der Waals surface area contributed by atoms with E-state index < -0.39 is 42.3 Å². The molecule has 0 atom stereocenters. The van der Waals surface area contributed by atoms with Gasteiger partial charge in [0.05, 0.1) is 0 Å². The summed E-state index contributed by atoms with van der Waals surface area (Å²) in [6, 6.07) is 0. The average Bonchev–Trinajstić information content (AvgIpc) is 3.04. The van der Waals surface area contributed by atoms with Gasteiger partial charge in [0.2, 0.25) is 0 Å². The fraction of sp³-hybridized carbons (Fsp3) is 0.200. The summed E-state index contributed by atoms with van der Waals surface area (Å²) in [5.41, 5.74) is 0. The maximum absolute atomic E-state index is 10.2. The summed E-state index contributed by atoms with van der Waals surface area (Å²) < 4.78 is 35.2. The second-order valence-corrected chi connectivity index (χ2v) is 8.22. The van der Waals surface area contributed by atoms with Crippen molar-refractivity contribution >= 4 is 54.6 Å². The summed E-state index contributed by atoms with van der Waals surface area (Å²) in [5, 5.41) is 0. The fourth-order valence-corrected chi connectivity index (χ4v) is 3.19. The van der Waals surface area contributed by atoms with E-state index in [1.54, 1.807) is 0 Å². The zero-order valence-corrected chi connectivity index (χ0v) is 15.4. The van der Waals surface area contributed by atoms with Gasteiger partial charge in [0, 0.05) is 0 Å². The standard InChI is InChI=1S/2C5H5.H2O2S.2O.2Sn/c2*1-2-4-5-3-1;1-3-2;;;;/h2*1-5H;1-2H;;;;. The van der Waals surface area contributed by atoms with Gasteiger partial charge in [-0.15, -0.1) is 0 Å². The molecule has 0 saturated heterocycles. The number of rotatable bonds is 2. The van der Waals surface area contributed by atoms with E-state index in [9.17, 15) is 6.15 Å². The first-order chi connectivity index (χ1) is 8.28. The normalized spacial score (nSPS) is 16.1. The van der Waals surface area contributed by atoms with Crippen LogP contribution < -0.4 is 0 Å². The molecule has 17 heavy (non-hydrogen) atoms. The van der Waals surface area contributed by atoms with Crippen molar-refractivity contribution in [2.24, 2.45) is 0 Å². The van der Waals surface area contributed by atoms with Gasteiger partial charge in [0.15, 0.2) is 12.3 Å². The molecule has 0 fully saturated rings. The van der Waals surface area contributed by atoms with Gasteiger partial charge in [0.25, 0.3) is 0 Å². The van der Waals surface area contributed by atoms with E-state index >= 15 is 0 Å². The Hall–Kier alpha value is 0.427. The van der Waals surface area contributed by atoms with Gasteiger partial charge in [-0.25, -0.2) is 0 Å². The van der Waals surface area contributed by atoms with E-state index in [0.717, 1.165) is 0 Å². The van der Waals surface area contributed by atoms with Gasteiger partial charge in [0.1, 0.15) is 0 Å². The zero-order chi connectivity index (χ0) is 12.9. The van der Waals surface area contributed by atoms with Gasteiger partial charge >= 0.3 is 105 Å². The van der Waals surface area contributed by atoms with Gasteiger partial charge in [-0.05, 0) is 0 Å². The van der Waals surface area contributed by atoms with Gasteiger partial charge in [-0.1, -0.05) is 0 Å². The van der Waals surface area contributed by atoms with Crippen molar-refractivity contribution in [1.29, 1.82) is 0 Å². The van der Waals surface area contributed by atoms with Gasteiger partial charge < -0.3 is 9.11 Å². The molecule has 2 radical (unpaired) electrons. The monoisotopic (exact) mass is 468 g/mol. The van der Waals surface area contributed by atoms with Crippen molar-refractivity contribution < 1.29 is 15.3 Å². The van der Waals surface area contributed by atoms with E-state index in [1.165, 1.54) is 0 Å². The molecule has 7 heteroatoms. The summed E-state index contributed by atoms with van der Waals surface area (Å²) in [5.74, 6) is 0. The molecule has 0 aliphatic heterocycles. The molecule has 4 nitrogen and oxygen atoms in total. The van der Waals surface area contributed by atoms with Crippen molar-refractivity contribution in [3.8, 4) is 0 Å². The number of hydrogen-bond acceptors (Lipinski definition) is 5. The summed E-state index contributed by atoms with van der Waals surface area (Å²) in [4.78, 5) is 0. The summed E-state index contributed by atoms with van der Waals surface area (Å²) in [7, 11) is 0. The Morgan fingerprint density at radius 3 is 1.12 bits per heavy atom. The molecule has 2 N–H and O–H groups in total. The van der Waals surface area contributed by atoms with Crippen molar-refractivity contribution in [3.05, 3.63) is 48.6 Å². The molecule has 90 valence electrons. The Kier molecular flexibility index (Phi) is 13.2. The van der Waals surface area contributed by atoms with Crippen molar-refractivity contribution in [2.45, 2.75) is 7.87 Å². The van der Waals surface area contributed by atoms with E-state index in [2.05, 4.69) is 0 Å². The molecular weight excluding hydrogens is 454 g/mol. The molecule has 0 aromatic rings. The second kappa shape index (κ2) is 12.9. The van der Waals surface area contributed by atoms with Crippen molar-refractivity contribution in [2.75, 3.05) is 0 Å². The van der Waals surface area contributed by atoms with Gasteiger partial charge in [-0.2, -0.15) is 0 Å². The SMILES string of the molecule is OSO.[O]=[Sn][CH]1C=CC=C1.[O]=[Sn][CH]1C=CC=C1. The third kappa shape index (κ3) is 10.1. The topological polar surface area (TPSA) is 74.6 Å². The first-order valence-corrected chi connectivity index (χ1v) is 11.0. The van der Waals surface area contributed by atoms with E-state index in [-0.39, 0.29) is 12.3 Å². The molecular formula is C10H12O4SSn2. The van der Waals surface area contributed by atoms with Crippen molar-refractivity contribution in [1.82, 2.24) is 0 Å². The molecule has 0 bridgehead atoms. The van der Waals surface area contributed by atoms with Crippen molar-refractivity contribution in [3.63, 3.8) is 0 Å². The van der Waals surface area contributed by atoms with Gasteiger partial charge in [-0.3, -0.25) is 0 Å². The Labute approximate surface area is 125 Å². The maximum atomic E-state index is 10.2. The Morgan fingerprint density at radius 2 is 1.00 bits per heavy atom. The van der Waals surface area contributed by atoms with Crippen LogP contribution in [-0.2, 0) is 6.15 Å². The molecule has 0 aromatic heterocycles. The molecule has 2 rings (SSSR count). The molecule has 0 aromatic carbocycles. The van der Waals surface area contributed by atoms with Crippen LogP contribution in [0.3, 0.4) is 0 Å². The molecule has 0 unspecified atom stereocenters. The van der Waals surface area contributed by atoms with Crippen LogP contribution in [-0.4, -0.2) is 51.4 Å². The molecule has 2 aliphatic carbocycles. The third-order valence-electron chi connectivity index (χ3n) is 1.77. The van der Waals surface area contributed by atoms with Crippen LogP contribution in [0.1, 0.15) is 0 Å². The quantitative estimate of drug-likeness (QED) is 0.484. The second-order valence-electron chi connectivity index (χ2n) is 2.91. The van der Waals surface area contributed by atoms with Crippen LogP contribution >= 0.6 is 12.3 Å². The van der Waals surface area contributed by atoms with Crippen LogP contribution in [0.5, 0.6) is 0 Å². The first-order valence-electron chi connectivity index (χ1n) is 4.68. The number of allylic oxidation sites excluding steroid dienone is 8. The number of hydrogen-bond donors (Lipinski definition) is 2. The summed E-state index contributed by atoms with van der Waals surface area (Å²) >= 11 is -2.78. The summed E-state index contributed by atoms with van der Waals surface area (Å²) in [6.45, 7) is 0. The fourth-order valence-electron chi connectivity index (χ4n) is 1.02. The van der Waals surface area contributed by atoms with Crippen LogP contribution in [0.25, 0.3) is 0 Å². The van der Waals surface area contributed by atoms with Crippen LogP contribution in [0.2, 0.25) is 7.87 Å². The van der Waals surface area contributed by atoms with E-state index in [4.69, 9.17) is 9.11 Å². The Balaban J connectivity index is 0.000000247. The minimum absolute atomic E-state index is 0.250. The molecule has 0 spiro atoms. The van der Waals surface area contributed by atoms with E-state index in [1.807, 2.05) is 48.6 Å². The van der Waals surface area contributed by atoms with Crippen LogP contribution in [0.15, 0.2) is 48.6 Å². The van der Waals surface area contributed by atoms with E-state index in [0.29, 0.717) is 7.87 Å².